The summed E-state index contributed by atoms with van der Waals surface area (Å²) in [5.41, 5.74) is 0.691. The van der Waals surface area contributed by atoms with Crippen LogP contribution in [0, 0.1) is 0 Å². The first kappa shape index (κ1) is 18.6. The van der Waals surface area contributed by atoms with Gasteiger partial charge in [-0.1, -0.05) is 30.1 Å². The Kier molecular flexibility index (Phi) is 5.15. The average molecular weight is 407 g/mol. The summed E-state index contributed by atoms with van der Waals surface area (Å²) in [6.45, 7) is 3.98. The molecule has 2 N–H and O–H groups in total. The van der Waals surface area contributed by atoms with Crippen LogP contribution in [0.2, 0.25) is 0 Å². The molecule has 0 unspecified atom stereocenters. The van der Waals surface area contributed by atoms with Crippen molar-refractivity contribution in [3.05, 3.63) is 59.7 Å². The Morgan fingerprint density at radius 1 is 1.23 bits per heavy atom. The minimum Gasteiger partial charge on any atom is -0.457 e. The van der Waals surface area contributed by atoms with Crippen molar-refractivity contribution in [3.8, 4) is 11.3 Å². The third-order valence-electron chi connectivity index (χ3n) is 3.55. The molecule has 0 aliphatic carbocycles. The predicted molar refractivity (Wildman–Crippen MR) is 106 cm³/mol. The van der Waals surface area contributed by atoms with Gasteiger partial charge in [-0.25, -0.2) is 13.6 Å². The zero-order chi connectivity index (χ0) is 18.9. The highest BCUT2D eigenvalue weighted by atomic mass is 32.2. The van der Waals surface area contributed by atoms with Crippen LogP contribution in [0.5, 0.6) is 0 Å². The fourth-order valence-electron chi connectivity index (χ4n) is 2.31. The molecule has 2 heterocycles. The van der Waals surface area contributed by atoms with E-state index in [9.17, 15) is 13.2 Å². The molecule has 1 saturated heterocycles. The fourth-order valence-corrected chi connectivity index (χ4v) is 4.08. The van der Waals surface area contributed by atoms with Crippen LogP contribution < -0.4 is 5.14 Å². The maximum absolute atomic E-state index is 12.3. The summed E-state index contributed by atoms with van der Waals surface area (Å²) < 4.78 is 28.8. The van der Waals surface area contributed by atoms with Crippen molar-refractivity contribution in [1.82, 2.24) is 4.90 Å². The second-order valence-corrected chi connectivity index (χ2v) is 8.59. The first-order valence-corrected chi connectivity index (χ1v) is 10.2. The van der Waals surface area contributed by atoms with Gasteiger partial charge < -0.3 is 4.42 Å². The molecule has 0 radical (unpaired) electrons. The lowest BCUT2D eigenvalue weighted by molar-refractivity contribution is -0.121. The van der Waals surface area contributed by atoms with E-state index < -0.39 is 10.0 Å². The van der Waals surface area contributed by atoms with Gasteiger partial charge in [0.1, 0.15) is 15.8 Å². The lowest BCUT2D eigenvalue weighted by atomic mass is 10.2. The number of benzene rings is 1. The molecule has 0 saturated carbocycles. The van der Waals surface area contributed by atoms with Crippen LogP contribution in [0.25, 0.3) is 17.4 Å². The Morgan fingerprint density at radius 3 is 2.54 bits per heavy atom. The van der Waals surface area contributed by atoms with Crippen molar-refractivity contribution in [1.29, 1.82) is 0 Å². The Morgan fingerprint density at radius 2 is 1.92 bits per heavy atom. The standard InChI is InChI=1S/C17H14N2O4S3/c1-2-9-19-16(20)15(25-17(19)24)10-12-5-8-14(23-12)11-3-6-13(7-4-11)26(18,21)22/h2-8,10H,1,9H2,(H2,18,21,22). The second-order valence-electron chi connectivity index (χ2n) is 5.35. The van der Waals surface area contributed by atoms with E-state index in [0.29, 0.717) is 32.9 Å². The van der Waals surface area contributed by atoms with Gasteiger partial charge in [0.2, 0.25) is 10.0 Å². The molecule has 2 aromatic rings. The van der Waals surface area contributed by atoms with Crippen molar-refractivity contribution in [2.24, 2.45) is 5.14 Å². The van der Waals surface area contributed by atoms with Gasteiger partial charge >= 0.3 is 0 Å². The topological polar surface area (TPSA) is 93.6 Å². The van der Waals surface area contributed by atoms with Gasteiger partial charge in [0.25, 0.3) is 5.91 Å². The minimum atomic E-state index is -3.74. The van der Waals surface area contributed by atoms with Gasteiger partial charge in [-0.3, -0.25) is 9.69 Å². The molecule has 3 rings (SSSR count). The van der Waals surface area contributed by atoms with E-state index in [0.717, 1.165) is 0 Å². The molecular weight excluding hydrogens is 392 g/mol. The number of nitrogens with two attached hydrogens (primary N) is 1. The highest BCUT2D eigenvalue weighted by Gasteiger charge is 2.31. The van der Waals surface area contributed by atoms with Gasteiger partial charge in [-0.05, 0) is 36.4 Å². The zero-order valence-electron chi connectivity index (χ0n) is 13.4. The molecule has 9 heteroatoms. The van der Waals surface area contributed by atoms with Gasteiger partial charge in [0, 0.05) is 18.2 Å². The second kappa shape index (κ2) is 7.20. The Balaban J connectivity index is 1.83. The third kappa shape index (κ3) is 3.80. The fraction of sp³-hybridized carbons (Fsp3) is 0.0588. The summed E-state index contributed by atoms with van der Waals surface area (Å²) >= 11 is 6.40. The first-order chi connectivity index (χ1) is 12.3. The third-order valence-corrected chi connectivity index (χ3v) is 5.86. The SMILES string of the molecule is C=CCN1C(=O)C(=Cc2ccc(-c3ccc(S(N)(=O)=O)cc3)o2)SC1=S. The van der Waals surface area contributed by atoms with Crippen molar-refractivity contribution in [2.45, 2.75) is 4.90 Å². The van der Waals surface area contributed by atoms with Crippen LogP contribution in [0.1, 0.15) is 5.76 Å². The lowest BCUT2D eigenvalue weighted by Gasteiger charge is -2.10. The number of thiocarbonyl (C=S) groups is 1. The molecule has 1 aliphatic heterocycles. The number of sulfonamides is 1. The number of hydrogen-bond donors (Lipinski definition) is 1. The largest absolute Gasteiger partial charge is 0.457 e. The highest BCUT2D eigenvalue weighted by Crippen LogP contribution is 2.33. The van der Waals surface area contributed by atoms with E-state index in [4.69, 9.17) is 21.8 Å². The Labute approximate surface area is 160 Å². The maximum Gasteiger partial charge on any atom is 0.266 e. The van der Waals surface area contributed by atoms with Crippen molar-refractivity contribution < 1.29 is 17.6 Å². The maximum atomic E-state index is 12.3. The summed E-state index contributed by atoms with van der Waals surface area (Å²) in [4.78, 5) is 14.3. The number of furan rings is 1. The van der Waals surface area contributed by atoms with E-state index in [1.165, 1.54) is 28.8 Å². The van der Waals surface area contributed by atoms with E-state index in [-0.39, 0.29) is 10.8 Å². The number of primary sulfonamides is 1. The number of thioether (sulfide) groups is 1. The quantitative estimate of drug-likeness (QED) is 0.466. The molecule has 1 aromatic carbocycles. The van der Waals surface area contributed by atoms with Crippen LogP contribution in [-0.2, 0) is 14.8 Å². The Hall–Kier alpha value is -2.20. The molecule has 0 bridgehead atoms. The number of rotatable bonds is 5. The summed E-state index contributed by atoms with van der Waals surface area (Å²) in [5.74, 6) is 0.851. The van der Waals surface area contributed by atoms with Crippen LogP contribution in [0.15, 0.2) is 63.3 Å². The number of carbonyl (C=O) groups is 1. The molecule has 1 amide bonds. The molecular formula is C17H14N2O4S3. The molecule has 0 spiro atoms. The van der Waals surface area contributed by atoms with Crippen molar-refractivity contribution >= 4 is 50.3 Å². The summed E-state index contributed by atoms with van der Waals surface area (Å²) in [7, 11) is -3.74. The number of nitrogens with zero attached hydrogens (tertiary/aromatic N) is 1. The minimum absolute atomic E-state index is 0.0268. The van der Waals surface area contributed by atoms with Gasteiger partial charge in [0.15, 0.2) is 0 Å². The molecule has 1 aliphatic rings. The molecule has 1 aromatic heterocycles. The molecule has 26 heavy (non-hydrogen) atoms. The van der Waals surface area contributed by atoms with Gasteiger partial charge in [-0.15, -0.1) is 6.58 Å². The van der Waals surface area contributed by atoms with E-state index in [2.05, 4.69) is 6.58 Å². The van der Waals surface area contributed by atoms with Crippen molar-refractivity contribution in [2.75, 3.05) is 6.54 Å². The summed E-state index contributed by atoms with van der Waals surface area (Å²) in [6, 6.07) is 9.49. The average Bonchev–Trinajstić information content (AvgIpc) is 3.15. The van der Waals surface area contributed by atoms with E-state index in [1.807, 2.05) is 0 Å². The highest BCUT2D eigenvalue weighted by molar-refractivity contribution is 8.26. The van der Waals surface area contributed by atoms with Crippen LogP contribution >= 0.6 is 24.0 Å². The summed E-state index contributed by atoms with van der Waals surface area (Å²) in [6.07, 6.45) is 3.24. The van der Waals surface area contributed by atoms with Crippen LogP contribution in [-0.4, -0.2) is 30.1 Å². The normalized spacial score (nSPS) is 16.5. The van der Waals surface area contributed by atoms with E-state index in [1.54, 1.807) is 36.4 Å². The smallest absolute Gasteiger partial charge is 0.266 e. The molecule has 6 nitrogen and oxygen atoms in total. The predicted octanol–water partition coefficient (Wildman–Crippen LogP) is 2.98. The first-order valence-electron chi connectivity index (χ1n) is 7.39. The molecule has 0 atom stereocenters. The number of hydrogen-bond acceptors (Lipinski definition) is 6. The van der Waals surface area contributed by atoms with Gasteiger partial charge in [0.05, 0.1) is 9.80 Å². The zero-order valence-corrected chi connectivity index (χ0v) is 15.9. The van der Waals surface area contributed by atoms with Crippen LogP contribution in [0.3, 0.4) is 0 Å². The Bertz CT molecular complexity index is 1020. The number of carbonyl (C=O) groups excluding carboxylic acids is 1. The molecule has 134 valence electrons. The van der Waals surface area contributed by atoms with E-state index >= 15 is 0 Å². The van der Waals surface area contributed by atoms with Crippen LogP contribution in [0.4, 0.5) is 0 Å². The monoisotopic (exact) mass is 406 g/mol. The lowest BCUT2D eigenvalue weighted by Crippen LogP contribution is -2.27. The molecule has 1 fully saturated rings. The van der Waals surface area contributed by atoms with Gasteiger partial charge in [-0.2, -0.15) is 0 Å². The number of amides is 1. The van der Waals surface area contributed by atoms with Crippen molar-refractivity contribution in [3.63, 3.8) is 0 Å². The summed E-state index contributed by atoms with van der Waals surface area (Å²) in [5, 5.41) is 5.08.